The van der Waals surface area contributed by atoms with Gasteiger partial charge < -0.3 is 9.67 Å². The Kier molecular flexibility index (Phi) is 5.30. The van der Waals surface area contributed by atoms with E-state index < -0.39 is 11.6 Å². The number of aromatic hydroxyl groups is 1. The van der Waals surface area contributed by atoms with E-state index in [1.54, 1.807) is 16.7 Å². The molecule has 2 aromatic heterocycles. The van der Waals surface area contributed by atoms with Crippen LogP contribution < -0.4 is 0 Å². The zero-order valence-corrected chi connectivity index (χ0v) is 18.5. The summed E-state index contributed by atoms with van der Waals surface area (Å²) >= 11 is 5.49. The van der Waals surface area contributed by atoms with Crippen molar-refractivity contribution in [3.05, 3.63) is 94.4 Å². The number of benzene rings is 3. The number of aromatic nitrogens is 4. The van der Waals surface area contributed by atoms with E-state index in [9.17, 15) is 13.9 Å². The largest absolute Gasteiger partial charge is 0.507 e. The molecule has 2 heterocycles. The smallest absolute Gasteiger partial charge is 0.200 e. The van der Waals surface area contributed by atoms with Crippen LogP contribution in [0.1, 0.15) is 11.1 Å². The SMILES string of the molecule is Cn1ccc2cc(-n3c(-c4cc(CCc5cc(F)cc(F)c5)ccc4O)n[nH]c3=S)ccc21. The summed E-state index contributed by atoms with van der Waals surface area (Å²) in [6, 6.07) is 16.7. The minimum absolute atomic E-state index is 0.0617. The van der Waals surface area contributed by atoms with Gasteiger partial charge in [-0.15, -0.1) is 0 Å². The first kappa shape index (κ1) is 21.1. The van der Waals surface area contributed by atoms with Crippen molar-refractivity contribution in [2.45, 2.75) is 12.8 Å². The van der Waals surface area contributed by atoms with Gasteiger partial charge in [-0.25, -0.2) is 8.78 Å². The zero-order chi connectivity index (χ0) is 23.1. The molecule has 0 atom stereocenters. The van der Waals surface area contributed by atoms with Crippen molar-refractivity contribution in [2.24, 2.45) is 7.05 Å². The predicted octanol–water partition coefficient (Wildman–Crippen LogP) is 5.86. The second-order valence-electron chi connectivity index (χ2n) is 7.99. The van der Waals surface area contributed by atoms with Crippen molar-refractivity contribution in [2.75, 3.05) is 0 Å². The van der Waals surface area contributed by atoms with Gasteiger partial charge in [0.2, 0.25) is 0 Å². The molecular formula is C25H20F2N4OS. The number of H-pyrrole nitrogens is 1. The molecule has 0 fully saturated rings. The van der Waals surface area contributed by atoms with Crippen LogP contribution in [-0.4, -0.2) is 24.4 Å². The Morgan fingerprint density at radius 1 is 0.939 bits per heavy atom. The second kappa shape index (κ2) is 8.29. The summed E-state index contributed by atoms with van der Waals surface area (Å²) in [6.07, 6.45) is 2.98. The van der Waals surface area contributed by atoms with Gasteiger partial charge in [0.05, 0.1) is 11.3 Å². The fourth-order valence-corrected chi connectivity index (χ4v) is 4.32. The first-order valence-electron chi connectivity index (χ1n) is 10.4. The third-order valence-electron chi connectivity index (χ3n) is 5.73. The molecule has 0 aliphatic rings. The molecule has 3 aromatic carbocycles. The molecule has 0 bridgehead atoms. The van der Waals surface area contributed by atoms with Crippen LogP contribution in [0.25, 0.3) is 28.0 Å². The van der Waals surface area contributed by atoms with E-state index in [1.165, 1.54) is 12.1 Å². The third-order valence-corrected chi connectivity index (χ3v) is 6.00. The fourth-order valence-electron chi connectivity index (χ4n) is 4.09. The van der Waals surface area contributed by atoms with Crippen LogP contribution in [0.3, 0.4) is 0 Å². The maximum absolute atomic E-state index is 13.5. The predicted molar refractivity (Wildman–Crippen MR) is 126 cm³/mol. The molecule has 33 heavy (non-hydrogen) atoms. The van der Waals surface area contributed by atoms with E-state index >= 15 is 0 Å². The topological polar surface area (TPSA) is 58.8 Å². The molecule has 0 radical (unpaired) electrons. The molecule has 0 aliphatic heterocycles. The highest BCUT2D eigenvalue weighted by molar-refractivity contribution is 7.71. The van der Waals surface area contributed by atoms with Gasteiger partial charge in [0.25, 0.3) is 0 Å². The van der Waals surface area contributed by atoms with Crippen molar-refractivity contribution < 1.29 is 13.9 Å². The van der Waals surface area contributed by atoms with Gasteiger partial charge in [0.15, 0.2) is 10.6 Å². The van der Waals surface area contributed by atoms with Crippen molar-refractivity contribution >= 4 is 23.1 Å². The molecule has 5 aromatic rings. The molecule has 8 heteroatoms. The van der Waals surface area contributed by atoms with Crippen LogP contribution >= 0.6 is 12.2 Å². The number of phenolic OH excluding ortho intramolecular Hbond substituents is 1. The van der Waals surface area contributed by atoms with Crippen molar-refractivity contribution in [3.63, 3.8) is 0 Å². The highest BCUT2D eigenvalue weighted by Gasteiger charge is 2.16. The lowest BCUT2D eigenvalue weighted by atomic mass is 10.0. The van der Waals surface area contributed by atoms with Crippen LogP contribution in [-0.2, 0) is 19.9 Å². The normalized spacial score (nSPS) is 11.4. The Morgan fingerprint density at radius 3 is 2.48 bits per heavy atom. The van der Waals surface area contributed by atoms with E-state index in [0.29, 0.717) is 34.6 Å². The number of aryl methyl sites for hydroxylation is 3. The molecule has 0 spiro atoms. The number of halogens is 2. The van der Waals surface area contributed by atoms with Crippen LogP contribution in [0.5, 0.6) is 5.75 Å². The number of hydrogen-bond donors (Lipinski definition) is 2. The number of hydrogen-bond acceptors (Lipinski definition) is 3. The van der Waals surface area contributed by atoms with Gasteiger partial charge in [-0.2, -0.15) is 5.10 Å². The maximum atomic E-state index is 13.5. The summed E-state index contributed by atoms with van der Waals surface area (Å²) in [5, 5.41) is 18.9. The Hall–Kier alpha value is -3.78. The Morgan fingerprint density at radius 2 is 1.70 bits per heavy atom. The minimum atomic E-state index is -0.595. The summed E-state index contributed by atoms with van der Waals surface area (Å²) in [7, 11) is 1.98. The monoisotopic (exact) mass is 462 g/mol. The quantitative estimate of drug-likeness (QED) is 0.322. The Balaban J connectivity index is 1.51. The maximum Gasteiger partial charge on any atom is 0.200 e. The highest BCUT2D eigenvalue weighted by atomic mass is 32.1. The number of fused-ring (bicyclic) bond motifs is 1. The summed E-state index contributed by atoms with van der Waals surface area (Å²) < 4.78 is 31.2. The van der Waals surface area contributed by atoms with Crippen molar-refractivity contribution in [1.82, 2.24) is 19.3 Å². The number of aromatic amines is 1. The summed E-state index contributed by atoms with van der Waals surface area (Å²) in [4.78, 5) is 0. The number of rotatable bonds is 5. The molecular weight excluding hydrogens is 442 g/mol. The molecule has 2 N–H and O–H groups in total. The number of phenols is 1. The van der Waals surface area contributed by atoms with Gasteiger partial charge in [-0.05, 0) is 84.7 Å². The lowest BCUT2D eigenvalue weighted by molar-refractivity contribution is 0.476. The molecule has 0 aliphatic carbocycles. The summed E-state index contributed by atoms with van der Waals surface area (Å²) in [5.41, 5.74) is 3.89. The molecule has 0 amide bonds. The molecule has 0 unspecified atom stereocenters. The third kappa shape index (κ3) is 4.05. The second-order valence-corrected chi connectivity index (χ2v) is 8.37. The first-order chi connectivity index (χ1) is 15.9. The first-order valence-corrected chi connectivity index (χ1v) is 10.8. The van der Waals surface area contributed by atoms with Crippen molar-refractivity contribution in [3.8, 4) is 22.8 Å². The molecule has 5 rings (SSSR count). The average molecular weight is 463 g/mol. The van der Waals surface area contributed by atoms with E-state index in [2.05, 4.69) is 10.2 Å². The molecule has 0 saturated carbocycles. The zero-order valence-electron chi connectivity index (χ0n) is 17.7. The van der Waals surface area contributed by atoms with E-state index in [4.69, 9.17) is 12.2 Å². The molecule has 166 valence electrons. The lowest BCUT2D eigenvalue weighted by Crippen LogP contribution is -1.99. The van der Waals surface area contributed by atoms with Gasteiger partial charge in [0.1, 0.15) is 17.4 Å². The van der Waals surface area contributed by atoms with E-state index in [-0.39, 0.29) is 5.75 Å². The molecule has 0 saturated heterocycles. The van der Waals surface area contributed by atoms with Crippen LogP contribution in [0.4, 0.5) is 8.78 Å². The fraction of sp³-hybridized carbons (Fsp3) is 0.120. The minimum Gasteiger partial charge on any atom is -0.507 e. The van der Waals surface area contributed by atoms with Crippen LogP contribution in [0.15, 0.2) is 66.9 Å². The molecule has 5 nitrogen and oxygen atoms in total. The standard InChI is InChI=1S/C25H20F2N4OS/c1-30-9-8-17-13-20(5-6-22(17)30)31-24(28-29-25(31)33)21-12-15(4-7-23(21)32)2-3-16-10-18(26)14-19(27)11-16/h4-14,32H,2-3H2,1H3,(H,29,33). The lowest BCUT2D eigenvalue weighted by Gasteiger charge is -2.11. The average Bonchev–Trinajstić information content (AvgIpc) is 3.34. The summed E-state index contributed by atoms with van der Waals surface area (Å²) in [6.45, 7) is 0. The van der Waals surface area contributed by atoms with Crippen LogP contribution in [0, 0.1) is 16.4 Å². The summed E-state index contributed by atoms with van der Waals surface area (Å²) in [5.74, 6) is -0.650. The van der Waals surface area contributed by atoms with Crippen molar-refractivity contribution in [1.29, 1.82) is 0 Å². The van der Waals surface area contributed by atoms with Crippen LogP contribution in [0.2, 0.25) is 0 Å². The van der Waals surface area contributed by atoms with Gasteiger partial charge >= 0.3 is 0 Å². The van der Waals surface area contributed by atoms with Gasteiger partial charge in [0, 0.05) is 30.2 Å². The van der Waals surface area contributed by atoms with E-state index in [1.807, 2.05) is 48.1 Å². The van der Waals surface area contributed by atoms with E-state index in [0.717, 1.165) is 28.2 Å². The van der Waals surface area contributed by atoms with Gasteiger partial charge in [-0.3, -0.25) is 9.67 Å². The number of nitrogens with one attached hydrogen (secondary N) is 1. The Bertz CT molecular complexity index is 1530. The Labute approximate surface area is 193 Å². The highest BCUT2D eigenvalue weighted by Crippen LogP contribution is 2.32. The van der Waals surface area contributed by atoms with Gasteiger partial charge in [-0.1, -0.05) is 6.07 Å². The number of nitrogens with zero attached hydrogens (tertiary/aromatic N) is 3.